The van der Waals surface area contributed by atoms with Crippen LogP contribution < -0.4 is 20.9 Å². The van der Waals surface area contributed by atoms with Crippen LogP contribution in [0.15, 0.2) is 42.5 Å². The smallest absolute Gasteiger partial charge is 0.319 e. The molecule has 144 valence electrons. The standard InChI is InChI=1S/C21H28N4O2/c1-5-7-20(26)23-18-8-6-9-19(15(18)2)24-21(27)22-14-16-10-12-17(13-11-16)25(3)4/h6,8-13H,5,7,14H2,1-4H3,(H,23,26)(H2,22,24,27). The van der Waals surface area contributed by atoms with Crippen molar-refractivity contribution in [3.05, 3.63) is 53.6 Å². The Labute approximate surface area is 161 Å². The highest BCUT2D eigenvalue weighted by molar-refractivity contribution is 5.95. The Morgan fingerprint density at radius 3 is 2.19 bits per heavy atom. The van der Waals surface area contributed by atoms with Crippen molar-refractivity contribution in [1.82, 2.24) is 5.32 Å². The van der Waals surface area contributed by atoms with Crippen molar-refractivity contribution < 1.29 is 9.59 Å². The Morgan fingerprint density at radius 1 is 0.963 bits per heavy atom. The van der Waals surface area contributed by atoms with Gasteiger partial charge >= 0.3 is 6.03 Å². The molecule has 0 aromatic heterocycles. The largest absolute Gasteiger partial charge is 0.378 e. The first kappa shape index (κ1) is 20.3. The predicted octanol–water partition coefficient (Wildman–Crippen LogP) is 4.12. The van der Waals surface area contributed by atoms with E-state index in [9.17, 15) is 9.59 Å². The van der Waals surface area contributed by atoms with Gasteiger partial charge in [0.25, 0.3) is 0 Å². The molecule has 0 aliphatic rings. The van der Waals surface area contributed by atoms with Crippen LogP contribution in [0.25, 0.3) is 0 Å². The van der Waals surface area contributed by atoms with Crippen LogP contribution >= 0.6 is 0 Å². The molecular formula is C21H28N4O2. The van der Waals surface area contributed by atoms with Crippen molar-refractivity contribution in [2.75, 3.05) is 29.6 Å². The van der Waals surface area contributed by atoms with Gasteiger partial charge in [-0.2, -0.15) is 0 Å². The number of nitrogens with zero attached hydrogens (tertiary/aromatic N) is 1. The highest BCUT2D eigenvalue weighted by Crippen LogP contribution is 2.23. The average molecular weight is 368 g/mol. The van der Waals surface area contributed by atoms with Gasteiger partial charge in [-0.1, -0.05) is 25.1 Å². The van der Waals surface area contributed by atoms with Crippen LogP contribution in [0.3, 0.4) is 0 Å². The quantitative estimate of drug-likeness (QED) is 0.688. The van der Waals surface area contributed by atoms with Crippen molar-refractivity contribution in [3.63, 3.8) is 0 Å². The Morgan fingerprint density at radius 2 is 1.59 bits per heavy atom. The molecule has 0 spiro atoms. The summed E-state index contributed by atoms with van der Waals surface area (Å²) in [5, 5.41) is 8.58. The molecule has 3 amide bonds. The molecule has 0 aliphatic heterocycles. The second-order valence-electron chi connectivity index (χ2n) is 6.64. The van der Waals surface area contributed by atoms with E-state index in [2.05, 4.69) is 16.0 Å². The second-order valence-corrected chi connectivity index (χ2v) is 6.64. The highest BCUT2D eigenvalue weighted by atomic mass is 16.2. The summed E-state index contributed by atoms with van der Waals surface area (Å²) < 4.78 is 0. The number of nitrogens with one attached hydrogen (secondary N) is 3. The first-order valence-electron chi connectivity index (χ1n) is 9.11. The van der Waals surface area contributed by atoms with Crippen LogP contribution in [0.5, 0.6) is 0 Å². The molecule has 0 bridgehead atoms. The number of anilines is 3. The Hall–Kier alpha value is -3.02. The van der Waals surface area contributed by atoms with Gasteiger partial charge in [0.15, 0.2) is 0 Å². The summed E-state index contributed by atoms with van der Waals surface area (Å²) in [6.07, 6.45) is 1.27. The van der Waals surface area contributed by atoms with Crippen LogP contribution in [0.2, 0.25) is 0 Å². The number of carbonyl (C=O) groups is 2. The van der Waals surface area contributed by atoms with E-state index < -0.39 is 0 Å². The van der Waals surface area contributed by atoms with Crippen molar-refractivity contribution >= 4 is 29.0 Å². The molecule has 0 radical (unpaired) electrons. The minimum Gasteiger partial charge on any atom is -0.378 e. The Bertz CT molecular complexity index is 785. The minimum absolute atomic E-state index is 0.0247. The van der Waals surface area contributed by atoms with Crippen molar-refractivity contribution in [2.24, 2.45) is 0 Å². The lowest BCUT2D eigenvalue weighted by atomic mass is 10.1. The summed E-state index contributed by atoms with van der Waals surface area (Å²) in [4.78, 5) is 26.1. The molecule has 0 unspecified atom stereocenters. The summed E-state index contributed by atoms with van der Waals surface area (Å²) in [5.41, 5.74) is 4.34. The number of hydrogen-bond donors (Lipinski definition) is 3. The molecule has 27 heavy (non-hydrogen) atoms. The molecule has 2 aromatic carbocycles. The molecule has 6 heteroatoms. The van der Waals surface area contributed by atoms with Crippen molar-refractivity contribution in [3.8, 4) is 0 Å². The first-order chi connectivity index (χ1) is 12.9. The van der Waals surface area contributed by atoms with E-state index in [0.29, 0.717) is 24.3 Å². The van der Waals surface area contributed by atoms with Gasteiger partial charge in [0.05, 0.1) is 0 Å². The molecule has 0 saturated carbocycles. The number of urea groups is 1. The van der Waals surface area contributed by atoms with Crippen LogP contribution in [-0.2, 0) is 11.3 Å². The van der Waals surface area contributed by atoms with Gasteiger partial charge in [0.2, 0.25) is 5.91 Å². The van der Waals surface area contributed by atoms with Gasteiger partial charge in [-0.25, -0.2) is 4.79 Å². The molecule has 0 aliphatic carbocycles. The van der Waals surface area contributed by atoms with E-state index in [1.165, 1.54) is 0 Å². The van der Waals surface area contributed by atoms with Crippen LogP contribution in [0.4, 0.5) is 21.9 Å². The number of rotatable bonds is 7. The molecule has 2 rings (SSSR count). The Balaban J connectivity index is 1.94. The molecule has 0 saturated heterocycles. The lowest BCUT2D eigenvalue weighted by Gasteiger charge is -2.15. The third kappa shape index (κ3) is 6.02. The normalized spacial score (nSPS) is 10.2. The van der Waals surface area contributed by atoms with E-state index in [-0.39, 0.29) is 11.9 Å². The lowest BCUT2D eigenvalue weighted by molar-refractivity contribution is -0.116. The molecule has 2 aromatic rings. The van der Waals surface area contributed by atoms with E-state index in [0.717, 1.165) is 23.2 Å². The van der Waals surface area contributed by atoms with E-state index in [1.807, 2.05) is 75.3 Å². The van der Waals surface area contributed by atoms with Crippen LogP contribution in [0.1, 0.15) is 30.9 Å². The third-order valence-corrected chi connectivity index (χ3v) is 4.24. The van der Waals surface area contributed by atoms with Gasteiger partial charge in [-0.05, 0) is 48.7 Å². The molecule has 6 nitrogen and oxygen atoms in total. The zero-order chi connectivity index (χ0) is 19.8. The van der Waals surface area contributed by atoms with Crippen LogP contribution in [0, 0.1) is 6.92 Å². The third-order valence-electron chi connectivity index (χ3n) is 4.24. The lowest BCUT2D eigenvalue weighted by Crippen LogP contribution is -2.28. The fourth-order valence-electron chi connectivity index (χ4n) is 2.61. The summed E-state index contributed by atoms with van der Waals surface area (Å²) in [6.45, 7) is 4.27. The number of benzene rings is 2. The molecule has 0 fully saturated rings. The maximum absolute atomic E-state index is 12.2. The van der Waals surface area contributed by atoms with Gasteiger partial charge in [0, 0.05) is 44.1 Å². The Kier molecular flexibility index (Phi) is 7.23. The first-order valence-corrected chi connectivity index (χ1v) is 9.11. The number of amides is 3. The maximum Gasteiger partial charge on any atom is 0.319 e. The van der Waals surface area contributed by atoms with E-state index in [4.69, 9.17) is 0 Å². The van der Waals surface area contributed by atoms with Gasteiger partial charge in [-0.3, -0.25) is 4.79 Å². The fourth-order valence-corrected chi connectivity index (χ4v) is 2.61. The highest BCUT2D eigenvalue weighted by Gasteiger charge is 2.09. The summed E-state index contributed by atoms with van der Waals surface area (Å²) in [7, 11) is 3.98. The van der Waals surface area contributed by atoms with Crippen molar-refractivity contribution in [1.29, 1.82) is 0 Å². The SMILES string of the molecule is CCCC(=O)Nc1cccc(NC(=O)NCc2ccc(N(C)C)cc2)c1C. The summed E-state index contributed by atoms with van der Waals surface area (Å²) in [6, 6.07) is 13.2. The summed E-state index contributed by atoms with van der Waals surface area (Å²) in [5.74, 6) is -0.0247. The molecule has 3 N–H and O–H groups in total. The fraction of sp³-hybridized carbons (Fsp3) is 0.333. The number of hydrogen-bond acceptors (Lipinski definition) is 3. The molecular weight excluding hydrogens is 340 g/mol. The maximum atomic E-state index is 12.2. The molecule has 0 heterocycles. The minimum atomic E-state index is -0.285. The average Bonchev–Trinajstić information content (AvgIpc) is 2.64. The van der Waals surface area contributed by atoms with Gasteiger partial charge in [0.1, 0.15) is 0 Å². The van der Waals surface area contributed by atoms with Crippen LogP contribution in [-0.4, -0.2) is 26.0 Å². The van der Waals surface area contributed by atoms with E-state index in [1.54, 1.807) is 0 Å². The van der Waals surface area contributed by atoms with Crippen molar-refractivity contribution in [2.45, 2.75) is 33.2 Å². The second kappa shape index (κ2) is 9.62. The zero-order valence-electron chi connectivity index (χ0n) is 16.4. The molecule has 0 atom stereocenters. The van der Waals surface area contributed by atoms with Gasteiger partial charge in [-0.15, -0.1) is 0 Å². The predicted molar refractivity (Wildman–Crippen MR) is 111 cm³/mol. The zero-order valence-corrected chi connectivity index (χ0v) is 16.4. The topological polar surface area (TPSA) is 73.5 Å². The monoisotopic (exact) mass is 368 g/mol. The summed E-state index contributed by atoms with van der Waals surface area (Å²) >= 11 is 0. The van der Waals surface area contributed by atoms with E-state index >= 15 is 0 Å². The number of carbonyl (C=O) groups excluding carboxylic acids is 2. The van der Waals surface area contributed by atoms with Gasteiger partial charge < -0.3 is 20.9 Å².